The van der Waals surface area contributed by atoms with Gasteiger partial charge in [-0.3, -0.25) is 9.59 Å². The number of aliphatic hydroxyl groups is 1. The predicted octanol–water partition coefficient (Wildman–Crippen LogP) is 2.22. The summed E-state index contributed by atoms with van der Waals surface area (Å²) in [5.74, 6) is 0.349. The molecule has 3 rings (SSSR count). The average molecular weight is 388 g/mol. The number of nitrogens with zero attached hydrogens (tertiary/aromatic N) is 1. The van der Waals surface area contributed by atoms with Crippen LogP contribution in [0, 0.1) is 6.92 Å². The van der Waals surface area contributed by atoms with E-state index in [1.54, 1.807) is 11.0 Å². The SMILES string of the molecule is Cc1cccc(OCC(O)CNC(=O)[C@@H]2CCCN2C(=O)c2cccs2)c1. The van der Waals surface area contributed by atoms with Crippen LogP contribution in [0.2, 0.25) is 0 Å². The molecule has 2 amide bonds. The van der Waals surface area contributed by atoms with E-state index < -0.39 is 12.1 Å². The van der Waals surface area contributed by atoms with E-state index in [0.717, 1.165) is 12.0 Å². The highest BCUT2D eigenvalue weighted by Crippen LogP contribution is 2.22. The van der Waals surface area contributed by atoms with E-state index in [0.29, 0.717) is 23.6 Å². The van der Waals surface area contributed by atoms with Crippen molar-refractivity contribution in [3.05, 3.63) is 52.2 Å². The Morgan fingerprint density at radius 2 is 2.22 bits per heavy atom. The fourth-order valence-electron chi connectivity index (χ4n) is 3.12. The van der Waals surface area contributed by atoms with E-state index in [9.17, 15) is 14.7 Å². The maximum atomic E-state index is 12.5. The first-order valence-corrected chi connectivity index (χ1v) is 9.92. The number of carbonyl (C=O) groups is 2. The Hall–Kier alpha value is -2.38. The Morgan fingerprint density at radius 3 is 2.96 bits per heavy atom. The molecule has 6 nitrogen and oxygen atoms in total. The number of nitrogens with one attached hydrogen (secondary N) is 1. The molecule has 0 aliphatic carbocycles. The largest absolute Gasteiger partial charge is 0.491 e. The minimum Gasteiger partial charge on any atom is -0.491 e. The second-order valence-corrected chi connectivity index (χ2v) is 7.61. The second kappa shape index (κ2) is 9.01. The van der Waals surface area contributed by atoms with Crippen LogP contribution in [0.5, 0.6) is 5.75 Å². The lowest BCUT2D eigenvalue weighted by Gasteiger charge is -2.24. The molecular weight excluding hydrogens is 364 g/mol. The van der Waals surface area contributed by atoms with Crippen molar-refractivity contribution in [3.63, 3.8) is 0 Å². The Kier molecular flexibility index (Phi) is 6.47. The lowest BCUT2D eigenvalue weighted by Crippen LogP contribution is -2.47. The lowest BCUT2D eigenvalue weighted by molar-refractivity contribution is -0.125. The van der Waals surface area contributed by atoms with Crippen LogP contribution >= 0.6 is 11.3 Å². The van der Waals surface area contributed by atoms with Crippen molar-refractivity contribution in [1.82, 2.24) is 10.2 Å². The third-order valence-electron chi connectivity index (χ3n) is 4.49. The van der Waals surface area contributed by atoms with Crippen LogP contribution in [0.3, 0.4) is 0 Å². The molecule has 0 bridgehead atoms. The molecule has 1 unspecified atom stereocenters. The number of rotatable bonds is 7. The van der Waals surface area contributed by atoms with Crippen molar-refractivity contribution in [2.24, 2.45) is 0 Å². The molecule has 1 aliphatic heterocycles. The fourth-order valence-corrected chi connectivity index (χ4v) is 3.80. The number of likely N-dealkylation sites (tertiary alicyclic amines) is 1. The Morgan fingerprint density at radius 1 is 1.37 bits per heavy atom. The van der Waals surface area contributed by atoms with Crippen molar-refractivity contribution in [3.8, 4) is 5.75 Å². The van der Waals surface area contributed by atoms with Gasteiger partial charge in [-0.05, 0) is 48.9 Å². The molecule has 0 radical (unpaired) electrons. The minimum atomic E-state index is -0.822. The van der Waals surface area contributed by atoms with Gasteiger partial charge in [0.1, 0.15) is 24.5 Å². The number of benzene rings is 1. The van der Waals surface area contributed by atoms with E-state index in [1.807, 2.05) is 42.6 Å². The summed E-state index contributed by atoms with van der Waals surface area (Å²) >= 11 is 1.38. The maximum Gasteiger partial charge on any atom is 0.264 e. The molecule has 0 spiro atoms. The molecule has 7 heteroatoms. The van der Waals surface area contributed by atoms with Gasteiger partial charge in [-0.1, -0.05) is 18.2 Å². The molecule has 1 aromatic heterocycles. The topological polar surface area (TPSA) is 78.9 Å². The summed E-state index contributed by atoms with van der Waals surface area (Å²) < 4.78 is 5.55. The number of carbonyl (C=O) groups excluding carboxylic acids is 2. The molecule has 2 heterocycles. The zero-order valence-electron chi connectivity index (χ0n) is 15.3. The second-order valence-electron chi connectivity index (χ2n) is 6.66. The molecule has 1 fully saturated rings. The highest BCUT2D eigenvalue weighted by Gasteiger charge is 2.34. The van der Waals surface area contributed by atoms with Crippen molar-refractivity contribution in [1.29, 1.82) is 0 Å². The summed E-state index contributed by atoms with van der Waals surface area (Å²) in [6, 6.07) is 10.7. The van der Waals surface area contributed by atoms with Gasteiger partial charge in [-0.15, -0.1) is 11.3 Å². The molecule has 1 aliphatic rings. The zero-order chi connectivity index (χ0) is 19.2. The van der Waals surface area contributed by atoms with Crippen molar-refractivity contribution in [2.45, 2.75) is 31.9 Å². The van der Waals surface area contributed by atoms with Crippen LogP contribution in [0.15, 0.2) is 41.8 Å². The van der Waals surface area contributed by atoms with E-state index in [4.69, 9.17) is 4.74 Å². The number of amides is 2. The minimum absolute atomic E-state index is 0.0855. The van der Waals surface area contributed by atoms with Gasteiger partial charge in [0.15, 0.2) is 0 Å². The molecule has 2 N–H and O–H groups in total. The predicted molar refractivity (Wildman–Crippen MR) is 104 cm³/mol. The Bertz CT molecular complexity index is 778. The van der Waals surface area contributed by atoms with Gasteiger partial charge >= 0.3 is 0 Å². The third-order valence-corrected chi connectivity index (χ3v) is 5.35. The number of hydrogen-bond donors (Lipinski definition) is 2. The number of thiophene rings is 1. The summed E-state index contributed by atoms with van der Waals surface area (Å²) in [6.07, 6.45) is 0.616. The molecule has 1 saturated heterocycles. The highest BCUT2D eigenvalue weighted by molar-refractivity contribution is 7.12. The Labute approximate surface area is 162 Å². The van der Waals surface area contributed by atoms with Gasteiger partial charge in [0, 0.05) is 13.1 Å². The maximum absolute atomic E-state index is 12.5. The van der Waals surface area contributed by atoms with Crippen molar-refractivity contribution < 1.29 is 19.4 Å². The zero-order valence-corrected chi connectivity index (χ0v) is 16.1. The molecular formula is C20H24N2O4S. The summed E-state index contributed by atoms with van der Waals surface area (Å²) in [4.78, 5) is 27.3. The van der Waals surface area contributed by atoms with Crippen LogP contribution < -0.4 is 10.1 Å². The molecule has 2 atom stereocenters. The lowest BCUT2D eigenvalue weighted by atomic mass is 10.2. The molecule has 27 heavy (non-hydrogen) atoms. The van der Waals surface area contributed by atoms with Gasteiger partial charge < -0.3 is 20.1 Å². The van der Waals surface area contributed by atoms with Crippen LogP contribution in [-0.4, -0.2) is 53.7 Å². The van der Waals surface area contributed by atoms with Gasteiger partial charge in [-0.25, -0.2) is 0 Å². The van der Waals surface area contributed by atoms with Crippen molar-refractivity contribution in [2.75, 3.05) is 19.7 Å². The number of aliphatic hydroxyl groups excluding tert-OH is 1. The molecule has 144 valence electrons. The highest BCUT2D eigenvalue weighted by atomic mass is 32.1. The van der Waals surface area contributed by atoms with Gasteiger partial charge in [0.25, 0.3) is 5.91 Å². The van der Waals surface area contributed by atoms with E-state index in [2.05, 4.69) is 5.32 Å². The summed E-state index contributed by atoms with van der Waals surface area (Å²) in [5.41, 5.74) is 1.08. The van der Waals surface area contributed by atoms with Gasteiger partial charge in [-0.2, -0.15) is 0 Å². The number of hydrogen-bond acceptors (Lipinski definition) is 5. The molecule has 0 saturated carbocycles. The summed E-state index contributed by atoms with van der Waals surface area (Å²) in [6.45, 7) is 2.72. The van der Waals surface area contributed by atoms with E-state index >= 15 is 0 Å². The van der Waals surface area contributed by atoms with Gasteiger partial charge in [0.2, 0.25) is 5.91 Å². The number of aryl methyl sites for hydroxylation is 1. The van der Waals surface area contributed by atoms with Gasteiger partial charge in [0.05, 0.1) is 4.88 Å². The summed E-state index contributed by atoms with van der Waals surface area (Å²) in [7, 11) is 0. The normalized spacial score (nSPS) is 17.6. The number of ether oxygens (including phenoxy) is 1. The van der Waals surface area contributed by atoms with Crippen molar-refractivity contribution >= 4 is 23.2 Å². The standard InChI is InChI=1S/C20H24N2O4S/c1-14-5-2-6-16(11-14)26-13-15(23)12-21-19(24)17-7-3-9-22(17)20(25)18-8-4-10-27-18/h2,4-6,8,10-11,15,17,23H,3,7,9,12-13H2,1H3,(H,21,24)/t15?,17-/m0/s1. The monoisotopic (exact) mass is 388 g/mol. The molecule has 1 aromatic carbocycles. The van der Waals surface area contributed by atoms with Crippen LogP contribution in [0.4, 0.5) is 0 Å². The first-order chi connectivity index (χ1) is 13.0. The first kappa shape index (κ1) is 19.4. The summed E-state index contributed by atoms with van der Waals surface area (Å²) in [5, 5.41) is 14.7. The fraction of sp³-hybridized carbons (Fsp3) is 0.400. The van der Waals surface area contributed by atoms with E-state index in [1.165, 1.54) is 11.3 Å². The smallest absolute Gasteiger partial charge is 0.264 e. The van der Waals surface area contributed by atoms with Crippen LogP contribution in [0.25, 0.3) is 0 Å². The van der Waals surface area contributed by atoms with Crippen LogP contribution in [-0.2, 0) is 4.79 Å². The Balaban J connectivity index is 1.47. The van der Waals surface area contributed by atoms with Crippen LogP contribution in [0.1, 0.15) is 28.1 Å². The molecule has 2 aromatic rings. The van der Waals surface area contributed by atoms with E-state index in [-0.39, 0.29) is 25.0 Å². The first-order valence-electron chi connectivity index (χ1n) is 9.04. The average Bonchev–Trinajstić information content (AvgIpc) is 3.35. The third kappa shape index (κ3) is 5.08. The quantitative estimate of drug-likeness (QED) is 0.762.